The van der Waals surface area contributed by atoms with Crippen molar-refractivity contribution in [3.8, 4) is 22.1 Å². The van der Waals surface area contributed by atoms with Gasteiger partial charge in [0, 0.05) is 5.56 Å². The third-order valence-electron chi connectivity index (χ3n) is 4.64. The summed E-state index contributed by atoms with van der Waals surface area (Å²) in [5.41, 5.74) is 3.31. The number of hydrogen-bond donors (Lipinski definition) is 1. The van der Waals surface area contributed by atoms with E-state index in [0.717, 1.165) is 26.5 Å². The molecule has 1 aromatic heterocycles. The van der Waals surface area contributed by atoms with E-state index in [9.17, 15) is 8.42 Å². The molecule has 10 heteroatoms. The maximum atomic E-state index is 10.7. The predicted octanol–water partition coefficient (Wildman–Crippen LogP) is 6.04. The minimum absolute atomic E-state index is 0.190. The first kappa shape index (κ1) is 22.8. The molecule has 0 unspecified atom stereocenters. The molecule has 0 aliphatic carbocycles. The van der Waals surface area contributed by atoms with Crippen molar-refractivity contribution in [2.24, 2.45) is 10.2 Å². The van der Waals surface area contributed by atoms with Gasteiger partial charge in [-0.05, 0) is 73.2 Å². The summed E-state index contributed by atoms with van der Waals surface area (Å²) in [5, 5.41) is 9.42. The van der Waals surface area contributed by atoms with Gasteiger partial charge in [-0.3, -0.25) is 4.55 Å². The Bertz CT molecular complexity index is 1370. The average molecular weight is 484 g/mol. The van der Waals surface area contributed by atoms with Crippen molar-refractivity contribution in [1.29, 1.82) is 0 Å². The Morgan fingerprint density at radius 2 is 1.58 bits per heavy atom. The summed E-state index contributed by atoms with van der Waals surface area (Å²) >= 11 is 1.61. The lowest BCUT2D eigenvalue weighted by Crippen LogP contribution is -2.08. The van der Waals surface area contributed by atoms with Gasteiger partial charge in [0.15, 0.2) is 0 Å². The van der Waals surface area contributed by atoms with E-state index >= 15 is 0 Å². The first-order valence-electron chi connectivity index (χ1n) is 10.0. The number of hydrogen-bond acceptors (Lipinski definition) is 8. The quantitative estimate of drug-likeness (QED) is 0.176. The highest BCUT2D eigenvalue weighted by molar-refractivity contribution is 7.85. The van der Waals surface area contributed by atoms with Crippen LogP contribution in [0.3, 0.4) is 0 Å². The number of aromatic nitrogens is 1. The molecule has 4 aromatic rings. The maximum absolute atomic E-state index is 10.7. The van der Waals surface area contributed by atoms with E-state index in [-0.39, 0.29) is 18.8 Å². The third-order valence-corrected chi connectivity index (χ3v) is 6.51. The minimum atomic E-state index is -3.96. The minimum Gasteiger partial charge on any atom is -0.497 e. The monoisotopic (exact) mass is 483 g/mol. The Balaban J connectivity index is 1.36. The Labute approximate surface area is 195 Å². The Morgan fingerprint density at radius 1 is 0.939 bits per heavy atom. The second kappa shape index (κ2) is 10.1. The molecule has 0 amide bonds. The molecule has 33 heavy (non-hydrogen) atoms. The smallest absolute Gasteiger partial charge is 0.264 e. The molecule has 0 saturated carbocycles. The highest BCUT2D eigenvalue weighted by Gasteiger charge is 2.08. The van der Waals surface area contributed by atoms with Crippen LogP contribution < -0.4 is 9.47 Å². The normalized spacial score (nSPS) is 11.8. The molecular weight excluding hydrogens is 462 g/mol. The second-order valence-corrected chi connectivity index (χ2v) is 9.68. The highest BCUT2D eigenvalue weighted by atomic mass is 32.2. The molecule has 0 radical (unpaired) electrons. The van der Waals surface area contributed by atoms with E-state index < -0.39 is 10.1 Å². The summed E-state index contributed by atoms with van der Waals surface area (Å²) in [7, 11) is -2.31. The number of benzene rings is 3. The second-order valence-electron chi connectivity index (χ2n) is 7.08. The summed E-state index contributed by atoms with van der Waals surface area (Å²) in [6.07, 6.45) is 0.210. The van der Waals surface area contributed by atoms with Gasteiger partial charge in [-0.1, -0.05) is 0 Å². The molecule has 1 N–H and O–H groups in total. The van der Waals surface area contributed by atoms with Gasteiger partial charge in [-0.15, -0.1) is 11.3 Å². The third kappa shape index (κ3) is 6.35. The summed E-state index contributed by atoms with van der Waals surface area (Å²) in [5.74, 6) is 1.07. The van der Waals surface area contributed by atoms with Gasteiger partial charge in [-0.2, -0.15) is 18.6 Å². The highest BCUT2D eigenvalue weighted by Crippen LogP contribution is 2.33. The van der Waals surface area contributed by atoms with E-state index in [2.05, 4.69) is 15.2 Å². The van der Waals surface area contributed by atoms with Crippen LogP contribution >= 0.6 is 11.3 Å². The van der Waals surface area contributed by atoms with Crippen LogP contribution in [-0.4, -0.2) is 37.4 Å². The van der Waals surface area contributed by atoms with Gasteiger partial charge >= 0.3 is 0 Å². The number of thiazole rings is 1. The Kier molecular flexibility index (Phi) is 6.97. The molecule has 1 heterocycles. The number of azo groups is 1. The summed E-state index contributed by atoms with van der Waals surface area (Å²) in [4.78, 5) is 4.68. The number of methoxy groups -OCH3 is 1. The standard InChI is InChI=1S/C23H21N3O5S2/c1-30-20-11-12-21-22(15-20)32-23(24-21)16-3-5-17(6-4-16)25-26-18-7-9-19(10-8-18)31-13-2-14-33(27,28)29/h3-12,15H,2,13-14H2,1H3,(H,27,28,29). The molecule has 4 rings (SSSR count). The Morgan fingerprint density at radius 3 is 2.21 bits per heavy atom. The van der Waals surface area contributed by atoms with Crippen molar-refractivity contribution >= 4 is 43.0 Å². The fraction of sp³-hybridized carbons (Fsp3) is 0.174. The lowest BCUT2D eigenvalue weighted by atomic mass is 10.2. The molecule has 0 spiro atoms. The van der Waals surface area contributed by atoms with Crippen LogP contribution in [0.1, 0.15) is 6.42 Å². The van der Waals surface area contributed by atoms with Gasteiger partial charge in [0.2, 0.25) is 0 Å². The maximum Gasteiger partial charge on any atom is 0.264 e. The van der Waals surface area contributed by atoms with E-state index in [1.165, 1.54) is 0 Å². The lowest BCUT2D eigenvalue weighted by molar-refractivity contribution is 0.316. The molecule has 3 aromatic carbocycles. The van der Waals surface area contributed by atoms with Crippen LogP contribution in [-0.2, 0) is 10.1 Å². The average Bonchev–Trinajstić information content (AvgIpc) is 3.24. The van der Waals surface area contributed by atoms with Gasteiger partial charge in [0.05, 0.1) is 41.1 Å². The van der Waals surface area contributed by atoms with E-state index in [1.54, 1.807) is 42.7 Å². The van der Waals surface area contributed by atoms with E-state index in [4.69, 9.17) is 14.0 Å². The zero-order chi connectivity index (χ0) is 23.3. The van der Waals surface area contributed by atoms with Gasteiger partial charge in [0.1, 0.15) is 16.5 Å². The Hall–Kier alpha value is -3.34. The van der Waals surface area contributed by atoms with E-state index in [0.29, 0.717) is 17.1 Å². The zero-order valence-electron chi connectivity index (χ0n) is 17.7. The zero-order valence-corrected chi connectivity index (χ0v) is 19.3. The fourth-order valence-electron chi connectivity index (χ4n) is 2.98. The first-order valence-corrected chi connectivity index (χ1v) is 12.5. The molecule has 8 nitrogen and oxygen atoms in total. The number of fused-ring (bicyclic) bond motifs is 1. The summed E-state index contributed by atoms with van der Waals surface area (Å²) in [6, 6.07) is 20.5. The van der Waals surface area contributed by atoms with Crippen molar-refractivity contribution < 1.29 is 22.4 Å². The molecule has 0 bridgehead atoms. The molecule has 0 atom stereocenters. The van der Waals surface area contributed by atoms with Crippen molar-refractivity contribution in [2.45, 2.75) is 6.42 Å². The van der Waals surface area contributed by atoms with Crippen LogP contribution in [0.15, 0.2) is 77.0 Å². The largest absolute Gasteiger partial charge is 0.497 e. The summed E-state index contributed by atoms with van der Waals surface area (Å²) in [6.45, 7) is 0.190. The van der Waals surface area contributed by atoms with Gasteiger partial charge in [0.25, 0.3) is 10.1 Å². The molecule has 0 saturated heterocycles. The van der Waals surface area contributed by atoms with Crippen molar-refractivity contribution in [3.05, 3.63) is 66.7 Å². The fourth-order valence-corrected chi connectivity index (χ4v) is 4.46. The van der Waals surface area contributed by atoms with Gasteiger partial charge in [-0.25, -0.2) is 4.98 Å². The molecule has 0 aliphatic rings. The van der Waals surface area contributed by atoms with Crippen molar-refractivity contribution in [2.75, 3.05) is 19.5 Å². The topological polar surface area (TPSA) is 110 Å². The molecular formula is C23H21N3O5S2. The molecule has 0 fully saturated rings. The van der Waals surface area contributed by atoms with Crippen LogP contribution in [0.2, 0.25) is 0 Å². The van der Waals surface area contributed by atoms with E-state index in [1.807, 2.05) is 42.5 Å². The van der Waals surface area contributed by atoms with Crippen LogP contribution in [0.25, 0.3) is 20.8 Å². The summed E-state index contributed by atoms with van der Waals surface area (Å²) < 4.78 is 41.9. The number of ether oxygens (including phenoxy) is 2. The van der Waals surface area contributed by atoms with Crippen LogP contribution in [0.4, 0.5) is 11.4 Å². The van der Waals surface area contributed by atoms with Crippen LogP contribution in [0, 0.1) is 0 Å². The number of rotatable bonds is 9. The van der Waals surface area contributed by atoms with Crippen molar-refractivity contribution in [3.63, 3.8) is 0 Å². The SMILES string of the molecule is COc1ccc2nc(-c3ccc(N=Nc4ccc(OCCCS(=O)(=O)O)cc4)cc3)sc2c1. The first-order chi connectivity index (χ1) is 15.9. The predicted molar refractivity (Wildman–Crippen MR) is 129 cm³/mol. The lowest BCUT2D eigenvalue weighted by Gasteiger charge is -2.05. The molecule has 170 valence electrons. The van der Waals surface area contributed by atoms with Crippen molar-refractivity contribution in [1.82, 2.24) is 4.98 Å². The molecule has 0 aliphatic heterocycles. The van der Waals surface area contributed by atoms with Gasteiger partial charge < -0.3 is 9.47 Å². The van der Waals surface area contributed by atoms with Crippen LogP contribution in [0.5, 0.6) is 11.5 Å². The number of nitrogens with zero attached hydrogens (tertiary/aromatic N) is 3.